The van der Waals surface area contributed by atoms with Crippen LogP contribution in [-0.4, -0.2) is 39.1 Å². The molecule has 0 aliphatic heterocycles. The number of fused-ring (bicyclic) bond motifs is 1. The Balaban J connectivity index is 2.35. The van der Waals surface area contributed by atoms with Crippen molar-refractivity contribution in [1.29, 1.82) is 0 Å². The van der Waals surface area contributed by atoms with Crippen LogP contribution in [-0.2, 0) is 11.8 Å². The molecule has 0 spiro atoms. The van der Waals surface area contributed by atoms with E-state index in [0.717, 1.165) is 16.9 Å². The molecule has 2 aromatic rings. The molecule has 1 unspecified atom stereocenters. The highest BCUT2D eigenvalue weighted by Crippen LogP contribution is 2.22. The van der Waals surface area contributed by atoms with E-state index in [4.69, 9.17) is 5.11 Å². The zero-order valence-electron chi connectivity index (χ0n) is 10.8. The maximum Gasteiger partial charge on any atom is 0.317 e. The largest absolute Gasteiger partial charge is 0.480 e. The van der Waals surface area contributed by atoms with Crippen molar-refractivity contribution in [3.05, 3.63) is 30.1 Å². The van der Waals surface area contributed by atoms with E-state index >= 15 is 0 Å². The molecular weight excluding hydrogens is 230 g/mol. The number of aliphatic carboxylic acids is 1. The normalized spacial score (nSPS) is 13.1. The van der Waals surface area contributed by atoms with E-state index in [2.05, 4.69) is 4.98 Å². The van der Waals surface area contributed by atoms with Gasteiger partial charge >= 0.3 is 5.97 Å². The summed E-state index contributed by atoms with van der Waals surface area (Å²) < 4.78 is 2.01. The second-order valence-electron chi connectivity index (χ2n) is 4.50. The number of hydrogen-bond acceptors (Lipinski definition) is 3. The Morgan fingerprint density at radius 1 is 1.50 bits per heavy atom. The van der Waals surface area contributed by atoms with E-state index < -0.39 is 5.97 Å². The summed E-state index contributed by atoms with van der Waals surface area (Å²) in [6, 6.07) is 7.85. The highest BCUT2D eigenvalue weighted by atomic mass is 16.4. The van der Waals surface area contributed by atoms with Crippen LogP contribution in [0.2, 0.25) is 0 Å². The third kappa shape index (κ3) is 2.22. The number of hydrogen-bond donors (Lipinski definition) is 1. The minimum atomic E-state index is -0.830. The van der Waals surface area contributed by atoms with Crippen LogP contribution in [0.15, 0.2) is 24.3 Å². The van der Waals surface area contributed by atoms with Crippen molar-refractivity contribution in [1.82, 2.24) is 14.5 Å². The van der Waals surface area contributed by atoms with Crippen molar-refractivity contribution in [3.8, 4) is 0 Å². The van der Waals surface area contributed by atoms with Crippen LogP contribution in [0.5, 0.6) is 0 Å². The average Bonchev–Trinajstić information content (AvgIpc) is 2.66. The van der Waals surface area contributed by atoms with Gasteiger partial charge in [-0.25, -0.2) is 4.98 Å². The molecule has 96 valence electrons. The molecule has 1 aromatic heterocycles. The van der Waals surface area contributed by atoms with Crippen LogP contribution in [0.4, 0.5) is 0 Å². The monoisotopic (exact) mass is 247 g/mol. The Morgan fingerprint density at radius 2 is 2.17 bits per heavy atom. The Labute approximate surface area is 106 Å². The van der Waals surface area contributed by atoms with E-state index in [-0.39, 0.29) is 12.6 Å². The summed E-state index contributed by atoms with van der Waals surface area (Å²) in [5, 5.41) is 8.82. The molecule has 0 aliphatic carbocycles. The van der Waals surface area contributed by atoms with Crippen LogP contribution >= 0.6 is 0 Å². The van der Waals surface area contributed by atoms with E-state index in [1.165, 1.54) is 0 Å². The van der Waals surface area contributed by atoms with Crippen LogP contribution in [0.3, 0.4) is 0 Å². The third-order valence-corrected chi connectivity index (χ3v) is 3.24. The van der Waals surface area contributed by atoms with Crippen LogP contribution in [0.1, 0.15) is 18.8 Å². The number of imidazole rings is 1. The summed E-state index contributed by atoms with van der Waals surface area (Å²) in [5.74, 6) is 0.0445. The van der Waals surface area contributed by atoms with Gasteiger partial charge in [-0.1, -0.05) is 12.1 Å². The third-order valence-electron chi connectivity index (χ3n) is 3.24. The van der Waals surface area contributed by atoms with Gasteiger partial charge in [0.1, 0.15) is 5.82 Å². The molecule has 5 nitrogen and oxygen atoms in total. The van der Waals surface area contributed by atoms with Crippen molar-refractivity contribution < 1.29 is 9.90 Å². The van der Waals surface area contributed by atoms with Gasteiger partial charge in [-0.3, -0.25) is 9.69 Å². The predicted molar refractivity (Wildman–Crippen MR) is 69.4 cm³/mol. The van der Waals surface area contributed by atoms with Gasteiger partial charge in [0.15, 0.2) is 0 Å². The number of carbonyl (C=O) groups is 1. The summed E-state index contributed by atoms with van der Waals surface area (Å²) in [6.07, 6.45) is 0. The minimum Gasteiger partial charge on any atom is -0.480 e. The maximum atomic E-state index is 10.7. The number of aromatic nitrogens is 2. The second kappa shape index (κ2) is 4.78. The summed E-state index contributed by atoms with van der Waals surface area (Å²) in [4.78, 5) is 17.1. The molecule has 0 amide bonds. The molecule has 1 heterocycles. The highest BCUT2D eigenvalue weighted by Gasteiger charge is 2.19. The van der Waals surface area contributed by atoms with Gasteiger partial charge in [-0.2, -0.15) is 0 Å². The molecule has 2 rings (SSSR count). The summed E-state index contributed by atoms with van der Waals surface area (Å²) in [6.45, 7) is 1.97. The number of benzene rings is 1. The summed E-state index contributed by atoms with van der Waals surface area (Å²) in [5.41, 5.74) is 1.99. The molecule has 18 heavy (non-hydrogen) atoms. The average molecular weight is 247 g/mol. The fraction of sp³-hybridized carbons (Fsp3) is 0.385. The number of para-hydroxylation sites is 2. The van der Waals surface area contributed by atoms with Crippen LogP contribution in [0, 0.1) is 0 Å². The van der Waals surface area contributed by atoms with E-state index in [9.17, 15) is 4.79 Å². The first-order chi connectivity index (χ1) is 8.50. The lowest BCUT2D eigenvalue weighted by atomic mass is 10.3. The summed E-state index contributed by atoms with van der Waals surface area (Å²) in [7, 11) is 3.74. The lowest BCUT2D eigenvalue weighted by Gasteiger charge is -2.22. The molecule has 5 heteroatoms. The smallest absolute Gasteiger partial charge is 0.317 e. The number of aryl methyl sites for hydroxylation is 1. The first-order valence-electron chi connectivity index (χ1n) is 5.84. The molecule has 0 aliphatic rings. The second-order valence-corrected chi connectivity index (χ2v) is 4.50. The van der Waals surface area contributed by atoms with E-state index in [0.29, 0.717) is 0 Å². The van der Waals surface area contributed by atoms with Crippen LogP contribution < -0.4 is 0 Å². The van der Waals surface area contributed by atoms with Gasteiger partial charge in [0.25, 0.3) is 0 Å². The molecule has 1 aromatic carbocycles. The lowest BCUT2D eigenvalue weighted by molar-refractivity contribution is -0.138. The minimum absolute atomic E-state index is 0.00434. The Bertz CT molecular complexity index is 577. The van der Waals surface area contributed by atoms with Gasteiger partial charge in [0, 0.05) is 7.05 Å². The molecule has 0 fully saturated rings. The van der Waals surface area contributed by atoms with Gasteiger partial charge in [0.2, 0.25) is 0 Å². The van der Waals surface area contributed by atoms with Crippen molar-refractivity contribution in [3.63, 3.8) is 0 Å². The van der Waals surface area contributed by atoms with Gasteiger partial charge < -0.3 is 9.67 Å². The van der Waals surface area contributed by atoms with Crippen LogP contribution in [0.25, 0.3) is 11.0 Å². The van der Waals surface area contributed by atoms with Crippen molar-refractivity contribution in [2.24, 2.45) is 7.05 Å². The first kappa shape index (κ1) is 12.6. The zero-order chi connectivity index (χ0) is 13.3. The maximum absolute atomic E-state index is 10.7. The number of carboxylic acids is 1. The molecular formula is C13H17N3O2. The standard InChI is InChI=1S/C13H17N3O2/c1-9(15(2)8-12(17)18)13-14-10-6-4-5-7-11(10)16(13)3/h4-7,9H,8H2,1-3H3,(H,17,18). The van der Waals surface area contributed by atoms with Crippen molar-refractivity contribution in [2.45, 2.75) is 13.0 Å². The number of likely N-dealkylation sites (N-methyl/N-ethyl adjacent to an activating group) is 1. The van der Waals surface area contributed by atoms with Gasteiger partial charge in [-0.05, 0) is 26.1 Å². The van der Waals surface area contributed by atoms with Gasteiger partial charge in [0.05, 0.1) is 23.6 Å². The zero-order valence-corrected chi connectivity index (χ0v) is 10.8. The number of carboxylic acid groups (broad SMARTS) is 1. The number of nitrogens with zero attached hydrogens (tertiary/aromatic N) is 3. The van der Waals surface area contributed by atoms with E-state index in [1.807, 2.05) is 42.8 Å². The summed E-state index contributed by atoms with van der Waals surface area (Å²) >= 11 is 0. The fourth-order valence-electron chi connectivity index (χ4n) is 2.09. The Hall–Kier alpha value is -1.88. The molecule has 0 saturated carbocycles. The topological polar surface area (TPSA) is 58.4 Å². The highest BCUT2D eigenvalue weighted by molar-refractivity contribution is 5.76. The SMILES string of the molecule is CC(c1nc2ccccc2n1C)N(C)CC(=O)O. The quantitative estimate of drug-likeness (QED) is 0.892. The van der Waals surface area contributed by atoms with E-state index in [1.54, 1.807) is 11.9 Å². The molecule has 0 saturated heterocycles. The molecule has 0 radical (unpaired) electrons. The van der Waals surface area contributed by atoms with Crippen molar-refractivity contribution >= 4 is 17.0 Å². The predicted octanol–water partition coefficient (Wildman–Crippen LogP) is 1.65. The fourth-order valence-corrected chi connectivity index (χ4v) is 2.09. The molecule has 0 bridgehead atoms. The van der Waals surface area contributed by atoms with Gasteiger partial charge in [-0.15, -0.1) is 0 Å². The molecule has 1 atom stereocenters. The Morgan fingerprint density at radius 3 is 2.78 bits per heavy atom. The van der Waals surface area contributed by atoms with Crippen molar-refractivity contribution in [2.75, 3.05) is 13.6 Å². The lowest BCUT2D eigenvalue weighted by Crippen LogP contribution is -2.29. The number of rotatable bonds is 4. The Kier molecular flexibility index (Phi) is 3.34. The first-order valence-corrected chi connectivity index (χ1v) is 5.84. The molecule has 1 N–H and O–H groups in total.